The number of nitrogens with one attached hydrogen (secondary N) is 1. The maximum Gasteiger partial charge on any atom is 0.307 e. The van der Waals surface area contributed by atoms with Gasteiger partial charge in [-0.1, -0.05) is 18.2 Å². The number of hydrogen-bond acceptors (Lipinski definition) is 6. The maximum atomic E-state index is 13.9. The highest BCUT2D eigenvalue weighted by Crippen LogP contribution is 2.33. The van der Waals surface area contributed by atoms with Crippen molar-refractivity contribution in [2.24, 2.45) is 5.10 Å². The Morgan fingerprint density at radius 2 is 1.94 bits per heavy atom. The van der Waals surface area contributed by atoms with E-state index in [2.05, 4.69) is 26.5 Å². The molecule has 1 N–H and O–H groups in total. The molecule has 3 aromatic carbocycles. The smallest absolute Gasteiger partial charge is 0.307 e. The predicted octanol–water partition coefficient (Wildman–Crippen LogP) is 6.08. The number of halogens is 2. The first-order valence-corrected chi connectivity index (χ1v) is 11.5. The van der Waals surface area contributed by atoms with Gasteiger partial charge in [0, 0.05) is 21.0 Å². The van der Waals surface area contributed by atoms with Crippen molar-refractivity contribution in [3.05, 3.63) is 87.8 Å². The Balaban J connectivity index is 1.44. The lowest BCUT2D eigenvalue weighted by atomic mass is 10.2. The first kappa shape index (κ1) is 24.3. The third kappa shape index (κ3) is 5.81. The summed E-state index contributed by atoms with van der Waals surface area (Å²) in [6.45, 7) is 2.49. The molecule has 0 unspecified atom stereocenters. The van der Waals surface area contributed by atoms with E-state index in [4.69, 9.17) is 18.6 Å². The average molecular weight is 541 g/mol. The number of fused-ring (bicyclic) bond motifs is 1. The van der Waals surface area contributed by atoms with Crippen LogP contribution < -0.4 is 19.6 Å². The third-order valence-electron chi connectivity index (χ3n) is 5.02. The second-order valence-corrected chi connectivity index (χ2v) is 8.20. The second kappa shape index (κ2) is 11.1. The Morgan fingerprint density at radius 1 is 1.11 bits per heavy atom. The molecule has 9 heteroatoms. The lowest BCUT2D eigenvalue weighted by Gasteiger charge is -2.13. The summed E-state index contributed by atoms with van der Waals surface area (Å²) in [5.74, 6) is 0.843. The van der Waals surface area contributed by atoms with Crippen LogP contribution in [0.4, 0.5) is 4.39 Å². The van der Waals surface area contributed by atoms with Crippen LogP contribution in [0.1, 0.15) is 28.6 Å². The molecule has 0 aliphatic rings. The Hall–Kier alpha value is -3.85. The number of hydrazone groups is 1. The van der Waals surface area contributed by atoms with Crippen molar-refractivity contribution in [1.29, 1.82) is 0 Å². The lowest BCUT2D eigenvalue weighted by molar-refractivity contribution is 0.0929. The van der Waals surface area contributed by atoms with Crippen LogP contribution in [0.2, 0.25) is 0 Å². The summed E-state index contributed by atoms with van der Waals surface area (Å²) in [5.41, 5.74) is 4.08. The van der Waals surface area contributed by atoms with Gasteiger partial charge in [0.2, 0.25) is 0 Å². The highest BCUT2D eigenvalue weighted by Gasteiger charge is 2.14. The first-order valence-electron chi connectivity index (χ1n) is 10.7. The van der Waals surface area contributed by atoms with Gasteiger partial charge in [-0.3, -0.25) is 4.79 Å². The van der Waals surface area contributed by atoms with Gasteiger partial charge in [0.25, 0.3) is 0 Å². The van der Waals surface area contributed by atoms with Crippen LogP contribution in [-0.2, 0) is 6.61 Å². The molecule has 0 fully saturated rings. The SMILES string of the molecule is CCOc1ccc2oc(C(=O)N/N=C/c3cc(OC)c(OCc4ccccc4F)cc3Br)cc2c1. The molecular weight excluding hydrogens is 519 g/mol. The first-order chi connectivity index (χ1) is 17.0. The van der Waals surface area contributed by atoms with Crippen molar-refractivity contribution in [3.63, 3.8) is 0 Å². The molecule has 0 saturated carbocycles. The van der Waals surface area contributed by atoms with E-state index in [0.29, 0.717) is 45.0 Å². The molecular formula is C26H22BrFN2O5. The van der Waals surface area contributed by atoms with Gasteiger partial charge in [0.1, 0.15) is 23.8 Å². The van der Waals surface area contributed by atoms with Crippen molar-refractivity contribution >= 4 is 39.0 Å². The zero-order valence-corrected chi connectivity index (χ0v) is 20.6. The minimum absolute atomic E-state index is 0.0442. The molecule has 1 aromatic heterocycles. The van der Waals surface area contributed by atoms with E-state index in [1.54, 1.807) is 48.5 Å². The summed E-state index contributed by atoms with van der Waals surface area (Å²) in [7, 11) is 1.50. The molecule has 4 aromatic rings. The third-order valence-corrected chi connectivity index (χ3v) is 5.70. The number of carbonyl (C=O) groups excluding carboxylic acids is 1. The van der Waals surface area contributed by atoms with Gasteiger partial charge in [0.15, 0.2) is 17.3 Å². The number of furan rings is 1. The number of carbonyl (C=O) groups is 1. The van der Waals surface area contributed by atoms with Gasteiger partial charge >= 0.3 is 5.91 Å². The molecule has 180 valence electrons. The summed E-state index contributed by atoms with van der Waals surface area (Å²) < 4.78 is 36.7. The highest BCUT2D eigenvalue weighted by atomic mass is 79.9. The highest BCUT2D eigenvalue weighted by molar-refractivity contribution is 9.10. The molecule has 0 atom stereocenters. The van der Waals surface area contributed by atoms with Gasteiger partial charge in [-0.15, -0.1) is 0 Å². The van der Waals surface area contributed by atoms with Gasteiger partial charge in [0.05, 0.1) is 19.9 Å². The van der Waals surface area contributed by atoms with Crippen LogP contribution in [-0.4, -0.2) is 25.8 Å². The fraction of sp³-hybridized carbons (Fsp3) is 0.154. The van der Waals surface area contributed by atoms with E-state index in [-0.39, 0.29) is 18.2 Å². The molecule has 0 saturated heterocycles. The minimum atomic E-state index is -0.497. The lowest BCUT2D eigenvalue weighted by Crippen LogP contribution is -2.16. The fourth-order valence-corrected chi connectivity index (χ4v) is 3.72. The number of amides is 1. The van der Waals surface area contributed by atoms with Gasteiger partial charge in [-0.25, -0.2) is 9.82 Å². The summed E-state index contributed by atoms with van der Waals surface area (Å²) >= 11 is 3.46. The Bertz CT molecular complexity index is 1390. The summed E-state index contributed by atoms with van der Waals surface area (Å²) in [6, 6.07) is 16.7. The van der Waals surface area contributed by atoms with E-state index in [0.717, 1.165) is 5.39 Å². The molecule has 0 spiro atoms. The standard InChI is InChI=1S/C26H22BrFN2O5/c1-3-33-19-8-9-22-17(10-19)11-25(35-22)26(31)30-29-14-18-12-23(32-2)24(13-20(18)27)34-15-16-6-4-5-7-21(16)28/h4-14H,3,15H2,1-2H3,(H,30,31)/b29-14+. The number of benzene rings is 3. The quantitative estimate of drug-likeness (QED) is 0.205. The monoisotopic (exact) mass is 540 g/mol. The van der Waals surface area contributed by atoms with E-state index < -0.39 is 5.91 Å². The number of rotatable bonds is 9. The van der Waals surface area contributed by atoms with Crippen molar-refractivity contribution < 1.29 is 27.8 Å². The molecule has 1 heterocycles. The number of ether oxygens (including phenoxy) is 3. The van der Waals surface area contributed by atoms with Crippen molar-refractivity contribution in [2.75, 3.05) is 13.7 Å². The van der Waals surface area contributed by atoms with Crippen molar-refractivity contribution in [1.82, 2.24) is 5.43 Å². The molecule has 4 rings (SSSR count). The van der Waals surface area contributed by atoms with Crippen LogP contribution in [0.5, 0.6) is 17.2 Å². The molecule has 7 nitrogen and oxygen atoms in total. The van der Waals surface area contributed by atoms with Crippen LogP contribution in [0, 0.1) is 5.82 Å². The van der Waals surface area contributed by atoms with E-state index >= 15 is 0 Å². The zero-order valence-electron chi connectivity index (χ0n) is 19.0. The second-order valence-electron chi connectivity index (χ2n) is 7.35. The molecule has 0 bridgehead atoms. The Morgan fingerprint density at radius 3 is 2.71 bits per heavy atom. The topological polar surface area (TPSA) is 82.3 Å². The van der Waals surface area contributed by atoms with Crippen LogP contribution in [0.25, 0.3) is 11.0 Å². The molecule has 35 heavy (non-hydrogen) atoms. The van der Waals surface area contributed by atoms with Crippen molar-refractivity contribution in [2.45, 2.75) is 13.5 Å². The molecule has 0 aliphatic heterocycles. The number of methoxy groups -OCH3 is 1. The molecule has 1 amide bonds. The summed E-state index contributed by atoms with van der Waals surface area (Å²) in [6.07, 6.45) is 1.46. The Kier molecular flexibility index (Phi) is 7.67. The normalized spacial score (nSPS) is 11.1. The predicted molar refractivity (Wildman–Crippen MR) is 134 cm³/mol. The van der Waals surface area contributed by atoms with Crippen LogP contribution >= 0.6 is 15.9 Å². The molecule has 0 radical (unpaired) electrons. The van der Waals surface area contributed by atoms with Crippen LogP contribution in [0.15, 0.2) is 74.7 Å². The maximum absolute atomic E-state index is 13.9. The number of hydrogen-bond donors (Lipinski definition) is 1. The van der Waals surface area contributed by atoms with Gasteiger partial charge in [-0.2, -0.15) is 5.10 Å². The van der Waals surface area contributed by atoms with E-state index in [9.17, 15) is 9.18 Å². The molecule has 0 aliphatic carbocycles. The summed E-state index contributed by atoms with van der Waals surface area (Å²) in [5, 5.41) is 4.77. The van der Waals surface area contributed by atoms with Gasteiger partial charge < -0.3 is 18.6 Å². The van der Waals surface area contributed by atoms with E-state index in [1.807, 2.05) is 13.0 Å². The average Bonchev–Trinajstić information content (AvgIpc) is 3.28. The fourth-order valence-electron chi connectivity index (χ4n) is 3.30. The Labute approximate surface area is 209 Å². The number of nitrogens with zero attached hydrogens (tertiary/aromatic N) is 1. The van der Waals surface area contributed by atoms with Crippen LogP contribution in [0.3, 0.4) is 0 Å². The summed E-state index contributed by atoms with van der Waals surface area (Å²) in [4.78, 5) is 12.5. The van der Waals surface area contributed by atoms with E-state index in [1.165, 1.54) is 19.4 Å². The minimum Gasteiger partial charge on any atom is -0.494 e. The van der Waals surface area contributed by atoms with Gasteiger partial charge in [-0.05, 0) is 65.3 Å². The zero-order chi connectivity index (χ0) is 24.8. The van der Waals surface area contributed by atoms with Crippen molar-refractivity contribution in [3.8, 4) is 17.2 Å². The largest absolute Gasteiger partial charge is 0.494 e.